The summed E-state index contributed by atoms with van der Waals surface area (Å²) in [4.78, 5) is 17.9. The number of halogens is 1. The highest BCUT2D eigenvalue weighted by Gasteiger charge is 2.20. The Balaban J connectivity index is 0.00000364. The van der Waals surface area contributed by atoms with Crippen molar-refractivity contribution in [1.29, 1.82) is 0 Å². The molecule has 7 heteroatoms. The van der Waals surface area contributed by atoms with E-state index in [0.717, 1.165) is 62.1 Å². The highest BCUT2D eigenvalue weighted by atomic mass is 127. The zero-order valence-corrected chi connectivity index (χ0v) is 19.0. The monoisotopic (exact) mass is 488 g/mol. The number of aliphatic imine (C=N–C) groups is 1. The van der Waals surface area contributed by atoms with Crippen LogP contribution in [0.2, 0.25) is 0 Å². The fraction of sp³-hybridized carbons (Fsp3) is 0.600. The second kappa shape index (κ2) is 12.9. The first-order valence-electron chi connectivity index (χ1n) is 9.43. The molecule has 1 amide bonds. The first-order chi connectivity index (χ1) is 12.6. The Kier molecular flexibility index (Phi) is 11.3. The molecule has 2 N–H and O–H groups in total. The van der Waals surface area contributed by atoms with E-state index in [-0.39, 0.29) is 29.9 Å². The van der Waals surface area contributed by atoms with Crippen molar-refractivity contribution in [3.8, 4) is 0 Å². The van der Waals surface area contributed by atoms with Crippen LogP contribution in [0.25, 0.3) is 0 Å². The van der Waals surface area contributed by atoms with E-state index in [1.807, 2.05) is 24.3 Å². The van der Waals surface area contributed by atoms with E-state index in [0.29, 0.717) is 0 Å². The molecule has 1 saturated carbocycles. The summed E-state index contributed by atoms with van der Waals surface area (Å²) in [6, 6.07) is 7.78. The lowest BCUT2D eigenvalue weighted by Gasteiger charge is -2.13. The van der Waals surface area contributed by atoms with Gasteiger partial charge in [-0.2, -0.15) is 0 Å². The number of rotatable bonds is 10. The third-order valence-electron chi connectivity index (χ3n) is 4.32. The zero-order valence-electron chi connectivity index (χ0n) is 16.7. The smallest absolute Gasteiger partial charge is 0.253 e. The predicted octanol–water partition coefficient (Wildman–Crippen LogP) is 2.53. The number of guanidine groups is 1. The predicted molar refractivity (Wildman–Crippen MR) is 121 cm³/mol. The number of nitrogens with one attached hydrogen (secondary N) is 2. The first kappa shape index (κ1) is 23.7. The van der Waals surface area contributed by atoms with E-state index in [4.69, 9.17) is 4.74 Å². The van der Waals surface area contributed by atoms with Crippen LogP contribution in [0.4, 0.5) is 0 Å². The minimum Gasteiger partial charge on any atom is -0.381 e. The van der Waals surface area contributed by atoms with Crippen LogP contribution < -0.4 is 10.6 Å². The molecule has 0 aliphatic heterocycles. The van der Waals surface area contributed by atoms with E-state index in [9.17, 15) is 4.79 Å². The second-order valence-electron chi connectivity index (χ2n) is 6.95. The van der Waals surface area contributed by atoms with Gasteiger partial charge in [-0.05, 0) is 49.3 Å². The van der Waals surface area contributed by atoms with Gasteiger partial charge in [0.15, 0.2) is 5.96 Å². The number of amides is 1. The van der Waals surface area contributed by atoms with Gasteiger partial charge in [0.05, 0.1) is 0 Å². The lowest BCUT2D eigenvalue weighted by atomic mass is 10.1. The van der Waals surface area contributed by atoms with Crippen molar-refractivity contribution in [3.63, 3.8) is 0 Å². The van der Waals surface area contributed by atoms with Crippen molar-refractivity contribution in [2.45, 2.75) is 25.7 Å². The molecule has 27 heavy (non-hydrogen) atoms. The van der Waals surface area contributed by atoms with Crippen molar-refractivity contribution in [2.24, 2.45) is 10.9 Å². The van der Waals surface area contributed by atoms with Gasteiger partial charge in [0, 0.05) is 53.0 Å². The average molecular weight is 488 g/mol. The van der Waals surface area contributed by atoms with Crippen LogP contribution >= 0.6 is 24.0 Å². The lowest BCUT2D eigenvalue weighted by Crippen LogP contribution is -2.39. The van der Waals surface area contributed by atoms with Crippen molar-refractivity contribution in [2.75, 3.05) is 47.4 Å². The molecule has 1 aliphatic rings. The molecule has 0 atom stereocenters. The highest BCUT2D eigenvalue weighted by Crippen LogP contribution is 2.28. The molecule has 1 aromatic carbocycles. The van der Waals surface area contributed by atoms with Crippen molar-refractivity contribution < 1.29 is 9.53 Å². The van der Waals surface area contributed by atoms with Crippen LogP contribution in [0, 0.1) is 5.92 Å². The van der Waals surface area contributed by atoms with Crippen LogP contribution in [0.1, 0.15) is 35.2 Å². The fourth-order valence-corrected chi connectivity index (χ4v) is 2.58. The van der Waals surface area contributed by atoms with Gasteiger partial charge in [0.1, 0.15) is 0 Å². The van der Waals surface area contributed by atoms with Gasteiger partial charge in [0.2, 0.25) is 0 Å². The molecule has 6 nitrogen and oxygen atoms in total. The molecule has 0 spiro atoms. The van der Waals surface area contributed by atoms with Crippen LogP contribution in [-0.2, 0) is 11.2 Å². The van der Waals surface area contributed by atoms with Crippen molar-refractivity contribution in [3.05, 3.63) is 35.4 Å². The minimum absolute atomic E-state index is 0. The Hall–Kier alpha value is -1.35. The quantitative estimate of drug-likeness (QED) is 0.230. The van der Waals surface area contributed by atoms with E-state index < -0.39 is 0 Å². The van der Waals surface area contributed by atoms with Crippen LogP contribution in [-0.4, -0.2) is 64.2 Å². The summed E-state index contributed by atoms with van der Waals surface area (Å²) in [7, 11) is 5.31. The average Bonchev–Trinajstić information content (AvgIpc) is 3.46. The standard InChI is InChI=1S/C20H32N4O2.HI/c1-21-20(22-11-5-13-26-15-17-8-9-17)23-12-10-16-6-4-7-18(14-16)19(25)24(2)3;/h4,6-7,14,17H,5,8-13,15H2,1-3H3,(H2,21,22,23);1H. The SMILES string of the molecule is CN=C(NCCCOCC1CC1)NCCc1cccc(C(=O)N(C)C)c1.I. The Morgan fingerprint density at radius 2 is 2.00 bits per heavy atom. The molecule has 0 heterocycles. The van der Waals surface area contributed by atoms with Crippen molar-refractivity contribution >= 4 is 35.8 Å². The first-order valence-corrected chi connectivity index (χ1v) is 9.43. The Morgan fingerprint density at radius 1 is 1.26 bits per heavy atom. The zero-order chi connectivity index (χ0) is 18.8. The Labute approximate surface area is 180 Å². The van der Waals surface area contributed by atoms with Crippen LogP contribution in [0.3, 0.4) is 0 Å². The fourth-order valence-electron chi connectivity index (χ4n) is 2.58. The third kappa shape index (κ3) is 9.41. The molecular formula is C20H33IN4O2. The van der Waals surface area contributed by atoms with E-state index in [1.165, 1.54) is 12.8 Å². The number of hydrogen-bond acceptors (Lipinski definition) is 3. The summed E-state index contributed by atoms with van der Waals surface area (Å²) in [6.45, 7) is 3.32. The maximum atomic E-state index is 12.0. The largest absolute Gasteiger partial charge is 0.381 e. The molecule has 0 saturated heterocycles. The summed E-state index contributed by atoms with van der Waals surface area (Å²) in [5.74, 6) is 1.65. The second-order valence-corrected chi connectivity index (χ2v) is 6.95. The summed E-state index contributed by atoms with van der Waals surface area (Å²) >= 11 is 0. The molecule has 0 aromatic heterocycles. The molecule has 0 radical (unpaired) electrons. The molecule has 2 rings (SSSR count). The highest BCUT2D eigenvalue weighted by molar-refractivity contribution is 14.0. The summed E-state index contributed by atoms with van der Waals surface area (Å²) in [5.41, 5.74) is 1.86. The Morgan fingerprint density at radius 3 is 2.67 bits per heavy atom. The molecule has 1 fully saturated rings. The molecule has 1 aromatic rings. The molecular weight excluding hydrogens is 455 g/mol. The van der Waals surface area contributed by atoms with Crippen LogP contribution in [0.15, 0.2) is 29.3 Å². The van der Waals surface area contributed by atoms with E-state index in [2.05, 4.69) is 15.6 Å². The number of ether oxygens (including phenoxy) is 1. The number of carbonyl (C=O) groups is 1. The third-order valence-corrected chi connectivity index (χ3v) is 4.32. The Bertz CT molecular complexity index is 603. The van der Waals surface area contributed by atoms with Gasteiger partial charge < -0.3 is 20.3 Å². The van der Waals surface area contributed by atoms with E-state index in [1.54, 1.807) is 26.0 Å². The lowest BCUT2D eigenvalue weighted by molar-refractivity contribution is 0.0827. The number of benzene rings is 1. The molecule has 0 bridgehead atoms. The van der Waals surface area contributed by atoms with Gasteiger partial charge in [-0.3, -0.25) is 9.79 Å². The van der Waals surface area contributed by atoms with Gasteiger partial charge >= 0.3 is 0 Å². The summed E-state index contributed by atoms with van der Waals surface area (Å²) in [6.07, 6.45) is 4.48. The van der Waals surface area contributed by atoms with Crippen molar-refractivity contribution in [1.82, 2.24) is 15.5 Å². The molecule has 152 valence electrons. The molecule has 1 aliphatic carbocycles. The maximum Gasteiger partial charge on any atom is 0.253 e. The van der Waals surface area contributed by atoms with Crippen LogP contribution in [0.5, 0.6) is 0 Å². The maximum absolute atomic E-state index is 12.0. The van der Waals surface area contributed by atoms with Gasteiger partial charge in [0.25, 0.3) is 5.91 Å². The number of carbonyl (C=O) groups excluding carboxylic acids is 1. The van der Waals surface area contributed by atoms with E-state index >= 15 is 0 Å². The molecule has 0 unspecified atom stereocenters. The van der Waals surface area contributed by atoms with Gasteiger partial charge in [-0.15, -0.1) is 24.0 Å². The summed E-state index contributed by atoms with van der Waals surface area (Å²) in [5, 5.41) is 6.61. The number of nitrogens with zero attached hydrogens (tertiary/aromatic N) is 2. The topological polar surface area (TPSA) is 66.0 Å². The summed E-state index contributed by atoms with van der Waals surface area (Å²) < 4.78 is 5.63. The minimum atomic E-state index is 0. The number of hydrogen-bond donors (Lipinski definition) is 2. The van der Waals surface area contributed by atoms with Gasteiger partial charge in [-0.1, -0.05) is 12.1 Å². The van der Waals surface area contributed by atoms with Gasteiger partial charge in [-0.25, -0.2) is 0 Å². The normalized spacial score (nSPS) is 13.7.